The number of alkyl halides is 3. The van der Waals surface area contributed by atoms with Crippen molar-refractivity contribution in [3.05, 3.63) is 48.6 Å². The van der Waals surface area contributed by atoms with Gasteiger partial charge in [-0.3, -0.25) is 0 Å². The average Bonchev–Trinajstić information content (AvgIpc) is 2.93. The van der Waals surface area contributed by atoms with Crippen LogP contribution in [0.15, 0.2) is 47.9 Å². The van der Waals surface area contributed by atoms with Gasteiger partial charge in [-0.1, -0.05) is 12.6 Å². The highest BCUT2D eigenvalue weighted by molar-refractivity contribution is 5.69. The molecule has 3 rings (SSSR count). The van der Waals surface area contributed by atoms with Crippen LogP contribution in [0.5, 0.6) is 5.75 Å². The third kappa shape index (κ3) is 3.53. The Morgan fingerprint density at radius 3 is 3.00 bits per heavy atom. The molecule has 0 saturated heterocycles. The molecule has 2 aromatic rings. The Kier molecular flexibility index (Phi) is 3.81. The van der Waals surface area contributed by atoms with Crippen LogP contribution in [0.25, 0.3) is 0 Å². The lowest BCUT2D eigenvalue weighted by Crippen LogP contribution is -2.17. The number of aromatic amines is 1. The Balaban J connectivity index is 1.74. The number of nitrogens with zero attached hydrogens (tertiary/aromatic N) is 2. The first kappa shape index (κ1) is 15.1. The number of fused-ring (bicyclic) bond motifs is 1. The van der Waals surface area contributed by atoms with Crippen LogP contribution in [-0.4, -0.2) is 22.5 Å². The fourth-order valence-electron chi connectivity index (χ4n) is 2.38. The van der Waals surface area contributed by atoms with Crippen molar-refractivity contribution in [1.82, 2.24) is 9.97 Å². The second-order valence-electron chi connectivity index (χ2n) is 4.97. The largest absolute Gasteiger partial charge is 0.573 e. The maximum atomic E-state index is 12.3. The van der Waals surface area contributed by atoms with Crippen molar-refractivity contribution in [2.45, 2.75) is 18.7 Å². The smallest absolute Gasteiger partial charge is 0.406 e. The lowest BCUT2D eigenvalue weighted by atomic mass is 9.96. The molecule has 5 nitrogen and oxygen atoms in total. The Morgan fingerprint density at radius 2 is 2.22 bits per heavy atom. The molecule has 1 aliphatic heterocycles. The van der Waals surface area contributed by atoms with Crippen molar-refractivity contribution in [1.29, 1.82) is 0 Å². The normalized spacial score (nSPS) is 16.7. The van der Waals surface area contributed by atoms with E-state index in [0.29, 0.717) is 23.6 Å². The predicted molar refractivity (Wildman–Crippen MR) is 80.0 cm³/mol. The number of anilines is 1. The molecule has 0 fully saturated rings. The van der Waals surface area contributed by atoms with Gasteiger partial charge in [0.2, 0.25) is 0 Å². The molecule has 1 aliphatic rings. The number of imidazole rings is 1. The molecule has 0 bridgehead atoms. The number of halogens is 3. The maximum Gasteiger partial charge on any atom is 0.573 e. The number of benzene rings is 1. The summed E-state index contributed by atoms with van der Waals surface area (Å²) in [5.41, 5.74) is 1.92. The van der Waals surface area contributed by atoms with E-state index in [1.165, 1.54) is 18.2 Å². The SMILES string of the molecule is C=C(Nc1cccc(OC(F)(F)F)c1)C1CC=Nc2nc[nH]c21. The van der Waals surface area contributed by atoms with Crippen molar-refractivity contribution >= 4 is 17.7 Å². The summed E-state index contributed by atoms with van der Waals surface area (Å²) in [6, 6.07) is 5.62. The van der Waals surface area contributed by atoms with Gasteiger partial charge in [-0.15, -0.1) is 13.2 Å². The van der Waals surface area contributed by atoms with Gasteiger partial charge in [0.05, 0.1) is 12.0 Å². The van der Waals surface area contributed by atoms with Crippen LogP contribution in [0.1, 0.15) is 18.0 Å². The van der Waals surface area contributed by atoms with Gasteiger partial charge >= 0.3 is 6.36 Å². The second-order valence-corrected chi connectivity index (χ2v) is 4.97. The molecular formula is C15H13F3N4O. The number of nitrogens with one attached hydrogen (secondary N) is 2. The quantitative estimate of drug-likeness (QED) is 0.890. The number of hydrogen-bond donors (Lipinski definition) is 2. The third-order valence-electron chi connectivity index (χ3n) is 3.34. The molecule has 23 heavy (non-hydrogen) atoms. The van der Waals surface area contributed by atoms with Crippen LogP contribution in [0.3, 0.4) is 0 Å². The van der Waals surface area contributed by atoms with Gasteiger partial charge in [-0.05, 0) is 18.6 Å². The van der Waals surface area contributed by atoms with Gasteiger partial charge < -0.3 is 15.0 Å². The number of aliphatic imine (C=N–C) groups is 1. The maximum absolute atomic E-state index is 12.3. The standard InChI is InChI=1S/C15H13F3N4O/c1-9(12-5-6-19-14-13(12)20-8-21-14)22-10-3-2-4-11(7-10)23-15(16,17)18/h2-4,6-8,12,22H,1,5H2,(H,20,21). The van der Waals surface area contributed by atoms with E-state index in [-0.39, 0.29) is 11.7 Å². The zero-order valence-corrected chi connectivity index (χ0v) is 11.9. The summed E-state index contributed by atoms with van der Waals surface area (Å²) in [4.78, 5) is 11.3. The molecule has 0 spiro atoms. The van der Waals surface area contributed by atoms with Gasteiger partial charge in [-0.2, -0.15) is 0 Å². The van der Waals surface area contributed by atoms with Crippen LogP contribution in [-0.2, 0) is 0 Å². The van der Waals surface area contributed by atoms with Crippen molar-refractivity contribution < 1.29 is 17.9 Å². The fraction of sp³-hybridized carbons (Fsp3) is 0.200. The van der Waals surface area contributed by atoms with E-state index in [9.17, 15) is 13.2 Å². The van der Waals surface area contributed by atoms with Gasteiger partial charge in [0.25, 0.3) is 0 Å². The number of hydrogen-bond acceptors (Lipinski definition) is 4. The topological polar surface area (TPSA) is 62.3 Å². The van der Waals surface area contributed by atoms with Crippen LogP contribution in [0.2, 0.25) is 0 Å². The minimum atomic E-state index is -4.72. The van der Waals surface area contributed by atoms with Crippen molar-refractivity contribution in [2.75, 3.05) is 5.32 Å². The summed E-state index contributed by atoms with van der Waals surface area (Å²) in [5, 5.41) is 3.02. The van der Waals surface area contributed by atoms with E-state index in [4.69, 9.17) is 0 Å². The minimum Gasteiger partial charge on any atom is -0.406 e. The molecule has 2 N–H and O–H groups in total. The summed E-state index contributed by atoms with van der Waals surface area (Å²) in [7, 11) is 0. The predicted octanol–water partition coefficient (Wildman–Crippen LogP) is 4.12. The first-order chi connectivity index (χ1) is 10.9. The number of ether oxygens (including phenoxy) is 1. The van der Waals surface area contributed by atoms with Crippen LogP contribution >= 0.6 is 0 Å². The summed E-state index contributed by atoms with van der Waals surface area (Å²) >= 11 is 0. The fourth-order valence-corrected chi connectivity index (χ4v) is 2.38. The Morgan fingerprint density at radius 1 is 1.39 bits per heavy atom. The molecule has 0 aliphatic carbocycles. The lowest BCUT2D eigenvalue weighted by Gasteiger charge is -2.21. The number of allylic oxidation sites excluding steroid dienone is 1. The molecule has 0 amide bonds. The van der Waals surface area contributed by atoms with Gasteiger partial charge in [0.1, 0.15) is 5.75 Å². The summed E-state index contributed by atoms with van der Waals surface area (Å²) in [6.07, 6.45) is -0.810. The summed E-state index contributed by atoms with van der Waals surface area (Å²) in [6.45, 7) is 3.97. The molecule has 1 atom stereocenters. The molecule has 1 aromatic carbocycles. The van der Waals surface area contributed by atoms with E-state index >= 15 is 0 Å². The van der Waals surface area contributed by atoms with Crippen molar-refractivity contribution in [2.24, 2.45) is 4.99 Å². The molecule has 1 aromatic heterocycles. The average molecular weight is 322 g/mol. The van der Waals surface area contributed by atoms with E-state index < -0.39 is 6.36 Å². The summed E-state index contributed by atoms with van der Waals surface area (Å²) in [5.74, 6) is 0.221. The molecule has 2 heterocycles. The van der Waals surface area contributed by atoms with Crippen molar-refractivity contribution in [3.63, 3.8) is 0 Å². The molecular weight excluding hydrogens is 309 g/mol. The molecule has 1 unspecified atom stereocenters. The van der Waals surface area contributed by atoms with Crippen LogP contribution < -0.4 is 10.1 Å². The van der Waals surface area contributed by atoms with E-state index in [1.54, 1.807) is 18.6 Å². The van der Waals surface area contributed by atoms with E-state index in [0.717, 1.165) is 5.69 Å². The summed E-state index contributed by atoms with van der Waals surface area (Å²) < 4.78 is 40.7. The highest BCUT2D eigenvalue weighted by atomic mass is 19.4. The van der Waals surface area contributed by atoms with Gasteiger partial charge in [0, 0.05) is 29.6 Å². The number of rotatable bonds is 4. The van der Waals surface area contributed by atoms with E-state index in [1.807, 2.05) is 0 Å². The molecule has 120 valence electrons. The van der Waals surface area contributed by atoms with Gasteiger partial charge in [-0.25, -0.2) is 9.98 Å². The van der Waals surface area contributed by atoms with Crippen LogP contribution in [0.4, 0.5) is 24.7 Å². The van der Waals surface area contributed by atoms with Crippen molar-refractivity contribution in [3.8, 4) is 5.75 Å². The number of H-pyrrole nitrogens is 1. The van der Waals surface area contributed by atoms with E-state index in [2.05, 4.69) is 31.6 Å². The van der Waals surface area contributed by atoms with Gasteiger partial charge in [0.15, 0.2) is 5.82 Å². The highest BCUT2D eigenvalue weighted by Gasteiger charge is 2.31. The monoisotopic (exact) mass is 322 g/mol. The second kappa shape index (κ2) is 5.79. The zero-order chi connectivity index (χ0) is 16.4. The Bertz CT molecular complexity index is 751. The third-order valence-corrected chi connectivity index (χ3v) is 3.34. The van der Waals surface area contributed by atoms with Crippen LogP contribution in [0, 0.1) is 0 Å². The first-order valence-corrected chi connectivity index (χ1v) is 6.80. The molecule has 8 heteroatoms. The molecule has 0 saturated carbocycles. The lowest BCUT2D eigenvalue weighted by molar-refractivity contribution is -0.274. The minimum absolute atomic E-state index is 0.0859. The molecule has 0 radical (unpaired) electrons. The number of aromatic nitrogens is 2. The Hall–Kier alpha value is -2.77. The highest BCUT2D eigenvalue weighted by Crippen LogP contribution is 2.35. The first-order valence-electron chi connectivity index (χ1n) is 6.80. The zero-order valence-electron chi connectivity index (χ0n) is 11.9. The Labute approximate surface area is 129 Å².